The van der Waals surface area contributed by atoms with Gasteiger partial charge in [0.1, 0.15) is 0 Å². The van der Waals surface area contributed by atoms with Gasteiger partial charge in [0.05, 0.1) is 28.0 Å². The highest BCUT2D eigenvalue weighted by atomic mass is 35.5. The minimum absolute atomic E-state index is 0.0830. The zero-order valence-electron chi connectivity index (χ0n) is 9.21. The van der Waals surface area contributed by atoms with Crippen LogP contribution in [-0.4, -0.2) is 24.8 Å². The Morgan fingerprint density at radius 3 is 2.44 bits per heavy atom. The van der Waals surface area contributed by atoms with Crippen LogP contribution in [0.25, 0.3) is 0 Å². The van der Waals surface area contributed by atoms with Gasteiger partial charge in [-0.3, -0.25) is 0 Å². The van der Waals surface area contributed by atoms with E-state index in [0.29, 0.717) is 22.3 Å². The zero-order valence-corrected chi connectivity index (χ0v) is 10.7. The van der Waals surface area contributed by atoms with E-state index in [9.17, 15) is 0 Å². The number of benzene rings is 1. The van der Waals surface area contributed by atoms with Crippen LogP contribution in [0.4, 0.5) is 11.4 Å². The first-order valence-corrected chi connectivity index (χ1v) is 5.96. The molecule has 90 valence electrons. The first kappa shape index (κ1) is 13.4. The summed E-state index contributed by atoms with van der Waals surface area (Å²) < 4.78 is 0. The van der Waals surface area contributed by atoms with Crippen molar-refractivity contribution in [2.24, 2.45) is 0 Å². The molecule has 1 aromatic carbocycles. The number of hydrogen-bond acceptors (Lipinski definition) is 3. The van der Waals surface area contributed by atoms with Crippen molar-refractivity contribution in [3.8, 4) is 0 Å². The molecular weight excluding hydrogens is 247 g/mol. The summed E-state index contributed by atoms with van der Waals surface area (Å²) >= 11 is 11.8. The molecule has 0 aliphatic rings. The quantitative estimate of drug-likeness (QED) is 0.803. The zero-order chi connectivity index (χ0) is 12.1. The molecule has 1 rings (SSSR count). The van der Waals surface area contributed by atoms with Crippen molar-refractivity contribution in [2.75, 3.05) is 30.3 Å². The van der Waals surface area contributed by atoms with Crippen molar-refractivity contribution in [3.63, 3.8) is 0 Å². The van der Waals surface area contributed by atoms with Crippen LogP contribution in [0.3, 0.4) is 0 Å². The predicted molar refractivity (Wildman–Crippen MR) is 70.5 cm³/mol. The van der Waals surface area contributed by atoms with E-state index < -0.39 is 0 Å². The average Bonchev–Trinajstić information content (AvgIpc) is 2.23. The van der Waals surface area contributed by atoms with Crippen molar-refractivity contribution in [1.29, 1.82) is 0 Å². The normalized spacial score (nSPS) is 10.5. The molecule has 0 saturated carbocycles. The molecule has 0 saturated heterocycles. The minimum atomic E-state index is 0.0830. The second-order valence-electron chi connectivity index (χ2n) is 3.54. The molecule has 0 fully saturated rings. The number of aliphatic hydroxyl groups excluding tert-OH is 1. The third-order valence-electron chi connectivity index (χ3n) is 2.27. The highest BCUT2D eigenvalue weighted by Crippen LogP contribution is 2.33. The highest BCUT2D eigenvalue weighted by molar-refractivity contribution is 6.42. The monoisotopic (exact) mass is 262 g/mol. The Morgan fingerprint density at radius 1 is 1.25 bits per heavy atom. The first-order valence-electron chi connectivity index (χ1n) is 5.20. The van der Waals surface area contributed by atoms with Crippen LogP contribution in [0.5, 0.6) is 0 Å². The molecule has 0 aliphatic carbocycles. The first-order chi connectivity index (χ1) is 7.60. The maximum absolute atomic E-state index is 9.00. The number of nitrogen functional groups attached to an aromatic ring is 1. The molecule has 0 spiro atoms. The van der Waals surface area contributed by atoms with Gasteiger partial charge < -0.3 is 15.7 Å². The Labute approximate surface area is 106 Å². The Kier molecular flexibility index (Phi) is 5.19. The molecule has 16 heavy (non-hydrogen) atoms. The highest BCUT2D eigenvalue weighted by Gasteiger charge is 2.11. The molecular formula is C11H16Cl2N2O. The lowest BCUT2D eigenvalue weighted by molar-refractivity contribution is 0.302. The van der Waals surface area contributed by atoms with E-state index in [2.05, 4.69) is 6.92 Å². The SMILES string of the molecule is CCCN(CCO)c1cc(Cl)c(Cl)cc1N. The molecule has 0 unspecified atom stereocenters. The minimum Gasteiger partial charge on any atom is -0.397 e. The molecule has 0 atom stereocenters. The topological polar surface area (TPSA) is 49.5 Å². The number of rotatable bonds is 5. The molecule has 3 nitrogen and oxygen atoms in total. The van der Waals surface area contributed by atoms with Gasteiger partial charge in [-0.15, -0.1) is 0 Å². The van der Waals surface area contributed by atoms with Crippen LogP contribution in [0.1, 0.15) is 13.3 Å². The van der Waals surface area contributed by atoms with Gasteiger partial charge in [-0.05, 0) is 18.6 Å². The molecule has 0 aliphatic heterocycles. The molecule has 0 radical (unpaired) electrons. The van der Waals surface area contributed by atoms with E-state index in [1.807, 2.05) is 4.90 Å². The summed E-state index contributed by atoms with van der Waals surface area (Å²) in [5, 5.41) is 9.92. The average molecular weight is 263 g/mol. The number of anilines is 2. The van der Waals surface area contributed by atoms with Gasteiger partial charge in [0, 0.05) is 13.1 Å². The maximum atomic E-state index is 9.00. The van der Waals surface area contributed by atoms with Crippen LogP contribution < -0.4 is 10.6 Å². The number of hydrogen-bond donors (Lipinski definition) is 2. The summed E-state index contributed by atoms with van der Waals surface area (Å²) in [6.45, 7) is 3.51. The Hall–Kier alpha value is -0.640. The van der Waals surface area contributed by atoms with E-state index in [0.717, 1.165) is 18.7 Å². The molecule has 0 bridgehead atoms. The molecule has 3 N–H and O–H groups in total. The van der Waals surface area contributed by atoms with Crippen molar-refractivity contribution in [3.05, 3.63) is 22.2 Å². The van der Waals surface area contributed by atoms with Crippen molar-refractivity contribution in [2.45, 2.75) is 13.3 Å². The van der Waals surface area contributed by atoms with E-state index in [-0.39, 0.29) is 6.61 Å². The molecule has 0 heterocycles. The van der Waals surface area contributed by atoms with E-state index in [1.165, 1.54) is 0 Å². The summed E-state index contributed by atoms with van der Waals surface area (Å²) in [6, 6.07) is 3.38. The number of aliphatic hydroxyl groups is 1. The van der Waals surface area contributed by atoms with Crippen molar-refractivity contribution < 1.29 is 5.11 Å². The fourth-order valence-electron chi connectivity index (χ4n) is 1.57. The summed E-state index contributed by atoms with van der Waals surface area (Å²) in [5.74, 6) is 0. The number of nitrogens with two attached hydrogens (primary N) is 1. The third kappa shape index (κ3) is 3.17. The van der Waals surface area contributed by atoms with Gasteiger partial charge in [0.15, 0.2) is 0 Å². The fourth-order valence-corrected chi connectivity index (χ4v) is 1.90. The van der Waals surface area contributed by atoms with Crippen LogP contribution in [0.15, 0.2) is 12.1 Å². The van der Waals surface area contributed by atoms with Crippen molar-refractivity contribution in [1.82, 2.24) is 0 Å². The molecule has 0 aromatic heterocycles. The van der Waals surface area contributed by atoms with Gasteiger partial charge in [-0.1, -0.05) is 30.1 Å². The van der Waals surface area contributed by atoms with E-state index >= 15 is 0 Å². The Balaban J connectivity index is 3.03. The summed E-state index contributed by atoms with van der Waals surface area (Å²) in [5.41, 5.74) is 7.29. The summed E-state index contributed by atoms with van der Waals surface area (Å²) in [7, 11) is 0. The predicted octanol–water partition coefficient (Wildman–Crippen LogP) is 2.78. The molecule has 0 amide bonds. The van der Waals surface area contributed by atoms with Gasteiger partial charge in [0.25, 0.3) is 0 Å². The van der Waals surface area contributed by atoms with Gasteiger partial charge in [-0.25, -0.2) is 0 Å². The van der Waals surface area contributed by atoms with Crippen LogP contribution >= 0.6 is 23.2 Å². The lowest BCUT2D eigenvalue weighted by atomic mass is 10.2. The number of nitrogens with zero attached hydrogens (tertiary/aromatic N) is 1. The van der Waals surface area contributed by atoms with Gasteiger partial charge in [-0.2, -0.15) is 0 Å². The van der Waals surface area contributed by atoms with E-state index in [1.54, 1.807) is 12.1 Å². The third-order valence-corrected chi connectivity index (χ3v) is 3.00. The standard InChI is InChI=1S/C11H16Cl2N2O/c1-2-3-15(4-5-16)11-7-9(13)8(12)6-10(11)14/h6-7,16H,2-5,14H2,1H3. The largest absolute Gasteiger partial charge is 0.397 e. The lowest BCUT2D eigenvalue weighted by Crippen LogP contribution is -2.28. The van der Waals surface area contributed by atoms with Gasteiger partial charge in [0.2, 0.25) is 0 Å². The molecule has 1 aromatic rings. The van der Waals surface area contributed by atoms with Crippen molar-refractivity contribution >= 4 is 34.6 Å². The number of halogens is 2. The fraction of sp³-hybridized carbons (Fsp3) is 0.455. The Bertz CT molecular complexity index is 352. The van der Waals surface area contributed by atoms with E-state index in [4.69, 9.17) is 34.0 Å². The van der Waals surface area contributed by atoms with Gasteiger partial charge >= 0.3 is 0 Å². The second-order valence-corrected chi connectivity index (χ2v) is 4.35. The van der Waals surface area contributed by atoms with Crippen LogP contribution in [0, 0.1) is 0 Å². The second kappa shape index (κ2) is 6.18. The Morgan fingerprint density at radius 2 is 1.88 bits per heavy atom. The summed E-state index contributed by atoms with van der Waals surface area (Å²) in [6.07, 6.45) is 0.972. The smallest absolute Gasteiger partial charge is 0.0616 e. The lowest BCUT2D eigenvalue weighted by Gasteiger charge is -2.25. The summed E-state index contributed by atoms with van der Waals surface area (Å²) in [4.78, 5) is 2.00. The maximum Gasteiger partial charge on any atom is 0.0616 e. The van der Waals surface area contributed by atoms with Crippen LogP contribution in [0.2, 0.25) is 10.0 Å². The molecule has 5 heteroatoms. The van der Waals surface area contributed by atoms with Crippen LogP contribution in [-0.2, 0) is 0 Å².